The van der Waals surface area contributed by atoms with Crippen molar-refractivity contribution in [3.63, 3.8) is 0 Å². The summed E-state index contributed by atoms with van der Waals surface area (Å²) in [6.07, 6.45) is 4.99. The van der Waals surface area contributed by atoms with Gasteiger partial charge in [0.05, 0.1) is 12.7 Å². The average molecular weight is 168 g/mol. The van der Waals surface area contributed by atoms with Crippen LogP contribution in [0.4, 0.5) is 0 Å². The van der Waals surface area contributed by atoms with E-state index in [0.717, 1.165) is 25.9 Å². The lowest BCUT2D eigenvalue weighted by molar-refractivity contribution is -0.133. The molecule has 0 aromatic heterocycles. The monoisotopic (exact) mass is 168 g/mol. The van der Waals surface area contributed by atoms with Gasteiger partial charge < -0.3 is 9.84 Å². The van der Waals surface area contributed by atoms with Crippen LogP contribution in [0.3, 0.4) is 0 Å². The van der Waals surface area contributed by atoms with Crippen LogP contribution >= 0.6 is 0 Å². The highest BCUT2D eigenvalue weighted by molar-refractivity contribution is 5.87. The third-order valence-electron chi connectivity index (χ3n) is 2.52. The molecule has 1 saturated heterocycles. The van der Waals surface area contributed by atoms with Gasteiger partial charge in [0, 0.05) is 5.57 Å². The summed E-state index contributed by atoms with van der Waals surface area (Å²) in [5.41, 5.74) is 0.602. The summed E-state index contributed by atoms with van der Waals surface area (Å²) in [7, 11) is 0. The number of carboxylic acid groups (broad SMARTS) is 1. The largest absolute Gasteiger partial charge is 0.478 e. The molecule has 0 aromatic carbocycles. The molecule has 0 radical (unpaired) electrons. The average Bonchev–Trinajstić information content (AvgIpc) is 2.66. The molecule has 0 aromatic rings. The maximum absolute atomic E-state index is 10.7. The molecule has 2 atom stereocenters. The fraction of sp³-hybridized carbons (Fsp3) is 0.667. The van der Waals surface area contributed by atoms with Gasteiger partial charge in [0.1, 0.15) is 0 Å². The van der Waals surface area contributed by atoms with Crippen LogP contribution in [0.25, 0.3) is 0 Å². The molecule has 0 saturated carbocycles. The first-order chi connectivity index (χ1) is 5.77. The summed E-state index contributed by atoms with van der Waals surface area (Å²) in [6.45, 7) is 0.823. The number of hydrogen-bond acceptors (Lipinski definition) is 2. The van der Waals surface area contributed by atoms with Crippen molar-refractivity contribution in [2.45, 2.75) is 25.4 Å². The summed E-state index contributed by atoms with van der Waals surface area (Å²) in [4.78, 5) is 10.7. The Balaban J connectivity index is 1.96. The van der Waals surface area contributed by atoms with E-state index in [0.29, 0.717) is 11.7 Å². The first-order valence-corrected chi connectivity index (χ1v) is 4.32. The maximum atomic E-state index is 10.7. The number of allylic oxidation sites excluding steroid dienone is 1. The van der Waals surface area contributed by atoms with Gasteiger partial charge >= 0.3 is 5.97 Å². The third-order valence-corrected chi connectivity index (χ3v) is 2.52. The van der Waals surface area contributed by atoms with Gasteiger partial charge in [0.2, 0.25) is 0 Å². The normalized spacial score (nSPS) is 33.2. The van der Waals surface area contributed by atoms with Gasteiger partial charge in [-0.1, -0.05) is 6.08 Å². The van der Waals surface area contributed by atoms with E-state index in [2.05, 4.69) is 0 Å². The molecule has 1 fully saturated rings. The van der Waals surface area contributed by atoms with E-state index in [-0.39, 0.29) is 5.92 Å². The predicted octanol–water partition coefficient (Wildman–Crippen LogP) is 1.20. The number of ether oxygens (including phenoxy) is 1. The summed E-state index contributed by atoms with van der Waals surface area (Å²) >= 11 is 0. The second-order valence-corrected chi connectivity index (χ2v) is 3.43. The van der Waals surface area contributed by atoms with Crippen molar-refractivity contribution in [3.05, 3.63) is 11.6 Å². The highest BCUT2D eigenvalue weighted by Gasteiger charge is 2.32. The Bertz CT molecular complexity index is 228. The summed E-state index contributed by atoms with van der Waals surface area (Å²) in [5, 5.41) is 8.81. The van der Waals surface area contributed by atoms with Crippen molar-refractivity contribution in [2.75, 3.05) is 6.61 Å². The Morgan fingerprint density at radius 1 is 1.75 bits per heavy atom. The van der Waals surface area contributed by atoms with Gasteiger partial charge in [-0.3, -0.25) is 0 Å². The van der Waals surface area contributed by atoms with Gasteiger partial charge in [0.25, 0.3) is 0 Å². The Morgan fingerprint density at radius 3 is 3.08 bits per heavy atom. The van der Waals surface area contributed by atoms with Gasteiger partial charge in [-0.2, -0.15) is 0 Å². The number of rotatable bonds is 3. The summed E-state index contributed by atoms with van der Waals surface area (Å²) in [6, 6.07) is 0. The Hall–Kier alpha value is -0.830. The minimum Gasteiger partial charge on any atom is -0.478 e. The van der Waals surface area contributed by atoms with Crippen LogP contribution in [-0.2, 0) is 9.53 Å². The van der Waals surface area contributed by atoms with Crippen LogP contribution in [-0.4, -0.2) is 23.8 Å². The molecule has 12 heavy (non-hydrogen) atoms. The highest BCUT2D eigenvalue weighted by Crippen LogP contribution is 2.33. The molecule has 66 valence electrons. The van der Waals surface area contributed by atoms with Crippen LogP contribution in [0, 0.1) is 5.92 Å². The topological polar surface area (TPSA) is 49.8 Å². The van der Waals surface area contributed by atoms with Crippen molar-refractivity contribution >= 4 is 5.97 Å². The zero-order valence-corrected chi connectivity index (χ0v) is 6.82. The molecule has 2 rings (SSSR count). The molecule has 1 heterocycles. The smallest absolute Gasteiger partial charge is 0.331 e. The fourth-order valence-electron chi connectivity index (χ4n) is 1.79. The molecular formula is C9H12O3. The van der Waals surface area contributed by atoms with E-state index in [4.69, 9.17) is 9.84 Å². The van der Waals surface area contributed by atoms with Crippen molar-refractivity contribution < 1.29 is 14.6 Å². The lowest BCUT2D eigenvalue weighted by Gasteiger charge is -2.08. The second kappa shape index (κ2) is 2.90. The minimum atomic E-state index is -0.752. The van der Waals surface area contributed by atoms with Crippen LogP contribution in [0.2, 0.25) is 0 Å². The van der Waals surface area contributed by atoms with E-state index >= 15 is 0 Å². The number of carboxylic acids is 1. The first kappa shape index (κ1) is 7.80. The summed E-state index contributed by atoms with van der Waals surface area (Å²) < 4.78 is 5.08. The Labute approximate surface area is 71.0 Å². The molecule has 3 nitrogen and oxygen atoms in total. The maximum Gasteiger partial charge on any atom is 0.331 e. The lowest BCUT2D eigenvalue weighted by atomic mass is 9.96. The van der Waals surface area contributed by atoms with Crippen LogP contribution in [0.1, 0.15) is 19.3 Å². The fourth-order valence-corrected chi connectivity index (χ4v) is 1.79. The molecule has 0 bridgehead atoms. The SMILES string of the molecule is O=C(O)C1=CCCC1CC1CO1. The molecule has 0 spiro atoms. The number of epoxide rings is 1. The quantitative estimate of drug-likeness (QED) is 0.644. The minimum absolute atomic E-state index is 0.245. The van der Waals surface area contributed by atoms with Gasteiger partial charge in [-0.15, -0.1) is 0 Å². The number of carbonyl (C=O) groups is 1. The zero-order valence-electron chi connectivity index (χ0n) is 6.82. The van der Waals surface area contributed by atoms with Crippen molar-refractivity contribution in [3.8, 4) is 0 Å². The molecule has 3 heteroatoms. The van der Waals surface area contributed by atoms with Crippen molar-refractivity contribution in [1.82, 2.24) is 0 Å². The third kappa shape index (κ3) is 1.50. The molecular weight excluding hydrogens is 156 g/mol. The zero-order chi connectivity index (χ0) is 8.55. The molecule has 2 aliphatic rings. The summed E-state index contributed by atoms with van der Waals surface area (Å²) in [5.74, 6) is -0.506. The van der Waals surface area contributed by atoms with Gasteiger partial charge in [-0.25, -0.2) is 4.79 Å². The van der Waals surface area contributed by atoms with Gasteiger partial charge in [-0.05, 0) is 25.2 Å². The van der Waals surface area contributed by atoms with E-state index in [1.54, 1.807) is 0 Å². The highest BCUT2D eigenvalue weighted by atomic mass is 16.6. The van der Waals surface area contributed by atoms with Crippen LogP contribution in [0.15, 0.2) is 11.6 Å². The molecule has 0 amide bonds. The number of hydrogen-bond donors (Lipinski definition) is 1. The standard InChI is InChI=1S/C9H12O3/c10-9(11)8-3-1-2-6(8)4-7-5-12-7/h3,6-7H,1-2,4-5H2,(H,10,11). The van der Waals surface area contributed by atoms with E-state index in [9.17, 15) is 4.79 Å². The predicted molar refractivity (Wildman–Crippen MR) is 42.8 cm³/mol. The Morgan fingerprint density at radius 2 is 2.50 bits per heavy atom. The van der Waals surface area contributed by atoms with E-state index in [1.807, 2.05) is 6.08 Å². The molecule has 2 unspecified atom stereocenters. The van der Waals surface area contributed by atoms with E-state index in [1.165, 1.54) is 0 Å². The van der Waals surface area contributed by atoms with Crippen molar-refractivity contribution in [2.24, 2.45) is 5.92 Å². The molecule has 1 N–H and O–H groups in total. The van der Waals surface area contributed by atoms with Gasteiger partial charge in [0.15, 0.2) is 0 Å². The Kier molecular flexibility index (Phi) is 1.89. The number of aliphatic carboxylic acids is 1. The van der Waals surface area contributed by atoms with E-state index < -0.39 is 5.97 Å². The lowest BCUT2D eigenvalue weighted by Crippen LogP contribution is -2.10. The van der Waals surface area contributed by atoms with Crippen LogP contribution in [0.5, 0.6) is 0 Å². The van der Waals surface area contributed by atoms with Crippen molar-refractivity contribution in [1.29, 1.82) is 0 Å². The second-order valence-electron chi connectivity index (χ2n) is 3.43. The molecule has 1 aliphatic carbocycles. The first-order valence-electron chi connectivity index (χ1n) is 4.32. The molecule has 1 aliphatic heterocycles. The van der Waals surface area contributed by atoms with Crippen LogP contribution < -0.4 is 0 Å².